The van der Waals surface area contributed by atoms with Crippen LogP contribution in [0.1, 0.15) is 47.0 Å². The molecule has 1 atom stereocenters. The number of aromatic nitrogens is 3. The van der Waals surface area contributed by atoms with Gasteiger partial charge in [-0.15, -0.1) is 0 Å². The number of hydrogen-bond acceptors (Lipinski definition) is 5. The Kier molecular flexibility index (Phi) is 4.18. The second kappa shape index (κ2) is 6.33. The van der Waals surface area contributed by atoms with Crippen LogP contribution >= 0.6 is 0 Å². The van der Waals surface area contributed by atoms with Crippen LogP contribution in [0.2, 0.25) is 0 Å². The van der Waals surface area contributed by atoms with Crippen LogP contribution in [0.25, 0.3) is 0 Å². The van der Waals surface area contributed by atoms with Gasteiger partial charge in [0.15, 0.2) is 0 Å². The molecule has 0 amide bonds. The zero-order chi connectivity index (χ0) is 16.7. The molecular formula is C18H26N4O2. The van der Waals surface area contributed by atoms with E-state index in [4.69, 9.17) is 14.4 Å². The van der Waals surface area contributed by atoms with Crippen LogP contribution < -0.4 is 0 Å². The van der Waals surface area contributed by atoms with Crippen molar-refractivity contribution in [2.75, 3.05) is 19.8 Å². The summed E-state index contributed by atoms with van der Waals surface area (Å²) in [5.74, 6) is 2.07. The second-order valence-electron chi connectivity index (χ2n) is 7.36. The smallest absolute Gasteiger partial charge is 0.138 e. The molecular weight excluding hydrogens is 304 g/mol. The molecule has 1 saturated carbocycles. The number of aryl methyl sites for hydroxylation is 3. The summed E-state index contributed by atoms with van der Waals surface area (Å²) >= 11 is 0. The molecule has 0 N–H and O–H groups in total. The molecule has 0 radical (unpaired) electrons. The molecule has 6 nitrogen and oxygen atoms in total. The molecule has 0 spiro atoms. The van der Waals surface area contributed by atoms with Gasteiger partial charge in [-0.2, -0.15) is 5.10 Å². The predicted octanol–water partition coefficient (Wildman–Crippen LogP) is 2.55. The monoisotopic (exact) mass is 330 g/mol. The zero-order valence-corrected chi connectivity index (χ0v) is 14.8. The second-order valence-corrected chi connectivity index (χ2v) is 7.36. The SMILES string of the molecule is Cc1noc(C)c1CN1Cc2cn(C)nc2C(COCC2CC2)C1. The molecule has 3 heterocycles. The normalized spacial score (nSPS) is 21.2. The average molecular weight is 330 g/mol. The number of fused-ring (bicyclic) bond motifs is 1. The number of hydrogen-bond donors (Lipinski definition) is 0. The molecule has 0 bridgehead atoms. The van der Waals surface area contributed by atoms with Crippen LogP contribution in [-0.4, -0.2) is 39.6 Å². The maximum absolute atomic E-state index is 5.99. The van der Waals surface area contributed by atoms with E-state index in [-0.39, 0.29) is 0 Å². The van der Waals surface area contributed by atoms with Crippen molar-refractivity contribution < 1.29 is 9.26 Å². The first kappa shape index (κ1) is 15.8. The lowest BCUT2D eigenvalue weighted by molar-refractivity contribution is 0.0880. The summed E-state index contributed by atoms with van der Waals surface area (Å²) in [5.41, 5.74) is 4.73. The lowest BCUT2D eigenvalue weighted by Crippen LogP contribution is -2.35. The summed E-state index contributed by atoms with van der Waals surface area (Å²) in [6.45, 7) is 8.44. The third-order valence-electron chi connectivity index (χ3n) is 5.13. The van der Waals surface area contributed by atoms with Crippen LogP contribution in [0.15, 0.2) is 10.7 Å². The highest BCUT2D eigenvalue weighted by atomic mass is 16.5. The van der Waals surface area contributed by atoms with E-state index in [2.05, 4.69) is 16.3 Å². The first-order valence-electron chi connectivity index (χ1n) is 8.84. The third kappa shape index (κ3) is 3.26. The molecule has 0 aromatic carbocycles. The Morgan fingerprint density at radius 3 is 2.83 bits per heavy atom. The molecule has 4 rings (SSSR count). The summed E-state index contributed by atoms with van der Waals surface area (Å²) in [6, 6.07) is 0. The predicted molar refractivity (Wildman–Crippen MR) is 89.6 cm³/mol. The molecule has 2 aliphatic rings. The topological polar surface area (TPSA) is 56.3 Å². The first-order valence-corrected chi connectivity index (χ1v) is 8.84. The Morgan fingerprint density at radius 2 is 2.12 bits per heavy atom. The van der Waals surface area contributed by atoms with Crippen molar-refractivity contribution >= 4 is 0 Å². The molecule has 24 heavy (non-hydrogen) atoms. The number of nitrogens with zero attached hydrogens (tertiary/aromatic N) is 4. The standard InChI is InChI=1S/C18H26N4O2/c1-12-17(13(2)24-20-12)9-22-7-15-6-21(3)19-18(15)16(8-22)11-23-10-14-4-5-14/h6,14,16H,4-5,7-11H2,1-3H3. The van der Waals surface area contributed by atoms with Gasteiger partial charge in [-0.25, -0.2) is 0 Å². The van der Waals surface area contributed by atoms with Crippen molar-refractivity contribution in [1.29, 1.82) is 0 Å². The molecule has 1 fully saturated rings. The van der Waals surface area contributed by atoms with Gasteiger partial charge in [0.2, 0.25) is 0 Å². The van der Waals surface area contributed by atoms with Crippen molar-refractivity contribution in [2.24, 2.45) is 13.0 Å². The van der Waals surface area contributed by atoms with Crippen LogP contribution in [0.5, 0.6) is 0 Å². The van der Waals surface area contributed by atoms with Gasteiger partial charge in [0.1, 0.15) is 5.76 Å². The van der Waals surface area contributed by atoms with Gasteiger partial charge < -0.3 is 9.26 Å². The van der Waals surface area contributed by atoms with Crippen LogP contribution in [0, 0.1) is 19.8 Å². The lowest BCUT2D eigenvalue weighted by Gasteiger charge is -2.31. The van der Waals surface area contributed by atoms with Gasteiger partial charge in [0, 0.05) is 56.5 Å². The van der Waals surface area contributed by atoms with Gasteiger partial charge in [-0.3, -0.25) is 9.58 Å². The van der Waals surface area contributed by atoms with E-state index in [0.717, 1.165) is 50.2 Å². The van der Waals surface area contributed by atoms with Crippen LogP contribution in [0.4, 0.5) is 0 Å². The Morgan fingerprint density at radius 1 is 1.29 bits per heavy atom. The lowest BCUT2D eigenvalue weighted by atomic mass is 9.96. The molecule has 1 aliphatic carbocycles. The third-order valence-corrected chi connectivity index (χ3v) is 5.13. The summed E-state index contributed by atoms with van der Waals surface area (Å²) in [6.07, 6.45) is 4.80. The largest absolute Gasteiger partial charge is 0.380 e. The minimum atomic E-state index is 0.342. The van der Waals surface area contributed by atoms with Crippen LogP contribution in [0.3, 0.4) is 0 Å². The highest BCUT2D eigenvalue weighted by Gasteiger charge is 2.30. The van der Waals surface area contributed by atoms with Gasteiger partial charge in [0.05, 0.1) is 18.0 Å². The minimum absolute atomic E-state index is 0.342. The van der Waals surface area contributed by atoms with Crippen molar-refractivity contribution in [1.82, 2.24) is 19.8 Å². The van der Waals surface area contributed by atoms with E-state index >= 15 is 0 Å². The van der Waals surface area contributed by atoms with Crippen LogP contribution in [-0.2, 0) is 24.9 Å². The highest BCUT2D eigenvalue weighted by Crippen LogP contribution is 2.32. The minimum Gasteiger partial charge on any atom is -0.380 e. The zero-order valence-electron chi connectivity index (χ0n) is 14.8. The first-order chi connectivity index (χ1) is 11.6. The van der Waals surface area contributed by atoms with E-state index in [1.54, 1.807) is 0 Å². The highest BCUT2D eigenvalue weighted by molar-refractivity contribution is 5.26. The average Bonchev–Trinajstić information content (AvgIpc) is 3.22. The van der Waals surface area contributed by atoms with Gasteiger partial charge in [0.25, 0.3) is 0 Å². The molecule has 130 valence electrons. The summed E-state index contributed by atoms with van der Waals surface area (Å²) < 4.78 is 13.2. The molecule has 1 unspecified atom stereocenters. The fraction of sp³-hybridized carbons (Fsp3) is 0.667. The van der Waals surface area contributed by atoms with Gasteiger partial charge in [-0.05, 0) is 32.6 Å². The van der Waals surface area contributed by atoms with Gasteiger partial charge in [-0.1, -0.05) is 5.16 Å². The fourth-order valence-electron chi connectivity index (χ4n) is 3.59. The molecule has 1 aliphatic heterocycles. The van der Waals surface area contributed by atoms with Gasteiger partial charge >= 0.3 is 0 Å². The van der Waals surface area contributed by atoms with Crippen molar-refractivity contribution in [3.05, 3.63) is 34.5 Å². The van der Waals surface area contributed by atoms with E-state index in [9.17, 15) is 0 Å². The van der Waals surface area contributed by atoms with Crippen molar-refractivity contribution in [2.45, 2.75) is 45.7 Å². The fourth-order valence-corrected chi connectivity index (χ4v) is 3.59. The Balaban J connectivity index is 1.48. The van der Waals surface area contributed by atoms with Crippen molar-refractivity contribution in [3.63, 3.8) is 0 Å². The molecule has 2 aromatic heterocycles. The summed E-state index contributed by atoms with van der Waals surface area (Å²) in [5, 5.41) is 8.77. The quantitative estimate of drug-likeness (QED) is 0.815. The van der Waals surface area contributed by atoms with Crippen molar-refractivity contribution in [3.8, 4) is 0 Å². The van der Waals surface area contributed by atoms with E-state index in [0.29, 0.717) is 5.92 Å². The molecule has 0 saturated heterocycles. The van der Waals surface area contributed by atoms with E-state index in [1.165, 1.54) is 29.7 Å². The Hall–Kier alpha value is -1.66. The molecule has 2 aromatic rings. The Labute approximate surface area is 142 Å². The maximum Gasteiger partial charge on any atom is 0.138 e. The van der Waals surface area contributed by atoms with E-state index in [1.807, 2.05) is 25.6 Å². The number of ether oxygens (including phenoxy) is 1. The summed E-state index contributed by atoms with van der Waals surface area (Å²) in [7, 11) is 2.00. The molecule has 6 heteroatoms. The summed E-state index contributed by atoms with van der Waals surface area (Å²) in [4.78, 5) is 2.46. The maximum atomic E-state index is 5.99. The van der Waals surface area contributed by atoms with E-state index < -0.39 is 0 Å². The Bertz CT molecular complexity index is 697. The number of rotatable bonds is 6.